The Bertz CT molecular complexity index is 786. The molecule has 1 heterocycles. The van der Waals surface area contributed by atoms with E-state index in [1.165, 1.54) is 0 Å². The third-order valence-corrected chi connectivity index (χ3v) is 3.77. The maximum absolute atomic E-state index is 12.2. The van der Waals surface area contributed by atoms with Gasteiger partial charge in [-0.2, -0.15) is 0 Å². The van der Waals surface area contributed by atoms with Gasteiger partial charge in [-0.15, -0.1) is 5.10 Å². The second-order valence-electron chi connectivity index (χ2n) is 4.72. The molecule has 1 amide bonds. The molecule has 110 valence electrons. The summed E-state index contributed by atoms with van der Waals surface area (Å²) in [6.07, 6.45) is 1.64. The number of hydrogen-bond acceptors (Lipinski definition) is 3. The number of aromatic nitrogens is 3. The van der Waals surface area contributed by atoms with E-state index in [1.807, 2.05) is 54.6 Å². The lowest BCUT2D eigenvalue weighted by atomic mass is 10.2. The summed E-state index contributed by atoms with van der Waals surface area (Å²) >= 11 is 3.39. The van der Waals surface area contributed by atoms with Crippen molar-refractivity contribution in [3.63, 3.8) is 0 Å². The van der Waals surface area contributed by atoms with E-state index in [4.69, 9.17) is 0 Å². The Morgan fingerprint density at radius 1 is 1.09 bits per heavy atom. The Balaban J connectivity index is 1.71. The van der Waals surface area contributed by atoms with Crippen LogP contribution in [0.2, 0.25) is 0 Å². The first-order chi connectivity index (χ1) is 10.7. The minimum Gasteiger partial charge on any atom is -0.319 e. The fourth-order valence-corrected chi connectivity index (χ4v) is 2.38. The predicted molar refractivity (Wildman–Crippen MR) is 87.7 cm³/mol. The van der Waals surface area contributed by atoms with Crippen molar-refractivity contribution < 1.29 is 4.79 Å². The maximum Gasteiger partial charge on any atom is 0.277 e. The Hall–Kier alpha value is -2.47. The number of rotatable bonds is 4. The second kappa shape index (κ2) is 6.53. The zero-order valence-electron chi connectivity index (χ0n) is 11.6. The normalized spacial score (nSPS) is 10.4. The number of para-hydroxylation sites is 1. The summed E-state index contributed by atoms with van der Waals surface area (Å²) in [4.78, 5) is 12.2. The number of benzene rings is 2. The van der Waals surface area contributed by atoms with E-state index in [1.54, 1.807) is 10.9 Å². The van der Waals surface area contributed by atoms with Crippen molar-refractivity contribution >= 4 is 27.5 Å². The highest BCUT2D eigenvalue weighted by Crippen LogP contribution is 2.21. The van der Waals surface area contributed by atoms with Gasteiger partial charge in [-0.1, -0.05) is 47.7 Å². The predicted octanol–water partition coefficient (Wildman–Crippen LogP) is 3.34. The quantitative estimate of drug-likeness (QED) is 0.779. The van der Waals surface area contributed by atoms with Gasteiger partial charge in [-0.05, 0) is 33.6 Å². The molecule has 0 spiro atoms. The summed E-state index contributed by atoms with van der Waals surface area (Å²) in [6.45, 7) is 0.580. The van der Waals surface area contributed by atoms with Crippen LogP contribution in [-0.4, -0.2) is 20.9 Å². The summed E-state index contributed by atoms with van der Waals surface area (Å²) in [5.41, 5.74) is 2.09. The summed E-state index contributed by atoms with van der Waals surface area (Å²) in [5, 5.41) is 10.7. The topological polar surface area (TPSA) is 59.8 Å². The molecule has 0 atom stereocenters. The Morgan fingerprint density at radius 2 is 1.82 bits per heavy atom. The number of halogens is 1. The van der Waals surface area contributed by atoms with Crippen LogP contribution in [0.5, 0.6) is 0 Å². The van der Waals surface area contributed by atoms with E-state index in [0.717, 1.165) is 10.0 Å². The summed E-state index contributed by atoms with van der Waals surface area (Å²) in [5.74, 6) is -0.286. The van der Waals surface area contributed by atoms with Crippen LogP contribution in [0.25, 0.3) is 0 Å². The van der Waals surface area contributed by atoms with E-state index in [-0.39, 0.29) is 11.6 Å². The molecule has 0 fully saturated rings. The lowest BCUT2D eigenvalue weighted by Crippen LogP contribution is -2.12. The van der Waals surface area contributed by atoms with Gasteiger partial charge in [0.1, 0.15) is 0 Å². The van der Waals surface area contributed by atoms with Gasteiger partial charge in [0.15, 0.2) is 5.69 Å². The van der Waals surface area contributed by atoms with Crippen LogP contribution < -0.4 is 5.32 Å². The van der Waals surface area contributed by atoms with Crippen molar-refractivity contribution in [2.45, 2.75) is 6.54 Å². The number of nitrogens with zero attached hydrogens (tertiary/aromatic N) is 3. The van der Waals surface area contributed by atoms with Crippen molar-refractivity contribution in [2.24, 2.45) is 0 Å². The molecule has 0 saturated carbocycles. The van der Waals surface area contributed by atoms with Gasteiger partial charge in [0.05, 0.1) is 18.4 Å². The first kappa shape index (κ1) is 14.5. The van der Waals surface area contributed by atoms with E-state index in [0.29, 0.717) is 12.2 Å². The number of carbonyl (C=O) groups is 1. The molecule has 3 rings (SSSR count). The molecule has 0 aliphatic heterocycles. The molecule has 0 aliphatic rings. The molecule has 0 aliphatic carbocycles. The van der Waals surface area contributed by atoms with Gasteiger partial charge in [0, 0.05) is 4.47 Å². The molecule has 1 aromatic heterocycles. The molecule has 6 heteroatoms. The number of hydrogen-bond donors (Lipinski definition) is 1. The fourth-order valence-electron chi connectivity index (χ4n) is 2.00. The number of carbonyl (C=O) groups excluding carboxylic acids is 1. The lowest BCUT2D eigenvalue weighted by Gasteiger charge is -2.04. The maximum atomic E-state index is 12.2. The zero-order chi connectivity index (χ0) is 15.4. The first-order valence-electron chi connectivity index (χ1n) is 6.72. The summed E-state index contributed by atoms with van der Waals surface area (Å²) < 4.78 is 2.46. The van der Waals surface area contributed by atoms with Crippen LogP contribution in [0.3, 0.4) is 0 Å². The molecule has 1 N–H and O–H groups in total. The monoisotopic (exact) mass is 356 g/mol. The molecule has 22 heavy (non-hydrogen) atoms. The van der Waals surface area contributed by atoms with Crippen molar-refractivity contribution in [2.75, 3.05) is 5.32 Å². The van der Waals surface area contributed by atoms with Crippen LogP contribution in [0, 0.1) is 0 Å². The van der Waals surface area contributed by atoms with Crippen molar-refractivity contribution in [1.29, 1.82) is 0 Å². The average Bonchev–Trinajstić information content (AvgIpc) is 2.99. The van der Waals surface area contributed by atoms with Crippen LogP contribution in [0.4, 0.5) is 5.69 Å². The van der Waals surface area contributed by atoms with E-state index in [9.17, 15) is 4.79 Å². The van der Waals surface area contributed by atoms with Crippen LogP contribution in [0.1, 0.15) is 16.1 Å². The average molecular weight is 357 g/mol. The molecular formula is C16H13BrN4O. The van der Waals surface area contributed by atoms with E-state index >= 15 is 0 Å². The van der Waals surface area contributed by atoms with Gasteiger partial charge >= 0.3 is 0 Å². The molecule has 2 aromatic carbocycles. The van der Waals surface area contributed by atoms with Crippen molar-refractivity contribution in [3.8, 4) is 0 Å². The number of nitrogens with one attached hydrogen (secondary N) is 1. The molecule has 0 bridgehead atoms. The molecule has 0 saturated heterocycles. The minimum atomic E-state index is -0.286. The van der Waals surface area contributed by atoms with E-state index < -0.39 is 0 Å². The Morgan fingerprint density at radius 3 is 2.59 bits per heavy atom. The Labute approximate surface area is 136 Å². The van der Waals surface area contributed by atoms with Gasteiger partial charge in [0.2, 0.25) is 0 Å². The summed E-state index contributed by atoms with van der Waals surface area (Å²) in [7, 11) is 0. The minimum absolute atomic E-state index is 0.284. The third-order valence-electron chi connectivity index (χ3n) is 3.08. The molecule has 0 radical (unpaired) electrons. The van der Waals surface area contributed by atoms with Crippen LogP contribution in [-0.2, 0) is 6.54 Å². The van der Waals surface area contributed by atoms with Gasteiger partial charge in [0.25, 0.3) is 5.91 Å². The smallest absolute Gasteiger partial charge is 0.277 e. The van der Waals surface area contributed by atoms with E-state index in [2.05, 4.69) is 31.6 Å². The van der Waals surface area contributed by atoms with Crippen LogP contribution in [0.15, 0.2) is 65.3 Å². The van der Waals surface area contributed by atoms with Crippen molar-refractivity contribution in [3.05, 3.63) is 76.5 Å². The van der Waals surface area contributed by atoms with Gasteiger partial charge in [-0.25, -0.2) is 4.68 Å². The third kappa shape index (κ3) is 3.40. The highest BCUT2D eigenvalue weighted by Gasteiger charge is 2.12. The lowest BCUT2D eigenvalue weighted by molar-refractivity contribution is 0.102. The molecule has 3 aromatic rings. The van der Waals surface area contributed by atoms with Gasteiger partial charge < -0.3 is 5.32 Å². The largest absolute Gasteiger partial charge is 0.319 e. The Kier molecular flexibility index (Phi) is 4.29. The van der Waals surface area contributed by atoms with Gasteiger partial charge in [-0.3, -0.25) is 4.79 Å². The fraction of sp³-hybridized carbons (Fsp3) is 0.0625. The molecular weight excluding hydrogens is 344 g/mol. The first-order valence-corrected chi connectivity index (χ1v) is 7.51. The SMILES string of the molecule is O=C(Nc1ccccc1Br)c1cn(Cc2ccccc2)nn1. The molecule has 0 unspecified atom stereocenters. The number of amides is 1. The van der Waals surface area contributed by atoms with Crippen molar-refractivity contribution in [1.82, 2.24) is 15.0 Å². The summed E-state index contributed by atoms with van der Waals surface area (Å²) in [6, 6.07) is 17.3. The standard InChI is InChI=1S/C16H13BrN4O/c17-13-8-4-5-9-14(13)18-16(22)15-11-21(20-19-15)10-12-6-2-1-3-7-12/h1-9,11H,10H2,(H,18,22). The highest BCUT2D eigenvalue weighted by atomic mass is 79.9. The second-order valence-corrected chi connectivity index (χ2v) is 5.58. The van der Waals surface area contributed by atoms with Crippen LogP contribution >= 0.6 is 15.9 Å². The zero-order valence-corrected chi connectivity index (χ0v) is 13.2. The highest BCUT2D eigenvalue weighted by molar-refractivity contribution is 9.10. The molecule has 5 nitrogen and oxygen atoms in total. The number of anilines is 1.